The summed E-state index contributed by atoms with van der Waals surface area (Å²) in [6.07, 6.45) is 3.89. The minimum Gasteiger partial charge on any atom is -0.343 e. The van der Waals surface area contributed by atoms with E-state index in [4.69, 9.17) is 0 Å². The van der Waals surface area contributed by atoms with Crippen LogP contribution < -0.4 is 10.9 Å². The molecule has 120 valence electrons. The minimum atomic E-state index is -0.823. The second-order valence-corrected chi connectivity index (χ2v) is 6.22. The SMILES string of the molecule is C[C@@H](C(=O)N[C@@H]1CCSC1=O)n1nc(-n2cccn2)ccc1=O. The van der Waals surface area contributed by atoms with Crippen molar-refractivity contribution in [3.63, 3.8) is 0 Å². The molecule has 3 rings (SSSR count). The average molecular weight is 333 g/mol. The highest BCUT2D eigenvalue weighted by Gasteiger charge is 2.29. The van der Waals surface area contributed by atoms with Gasteiger partial charge in [-0.3, -0.25) is 14.4 Å². The van der Waals surface area contributed by atoms with Crippen LogP contribution >= 0.6 is 11.8 Å². The molecule has 8 nitrogen and oxygen atoms in total. The van der Waals surface area contributed by atoms with Gasteiger partial charge in [-0.1, -0.05) is 11.8 Å². The van der Waals surface area contributed by atoms with E-state index in [0.29, 0.717) is 18.0 Å². The van der Waals surface area contributed by atoms with Gasteiger partial charge in [-0.15, -0.1) is 5.10 Å². The Labute approximate surface area is 135 Å². The van der Waals surface area contributed by atoms with Crippen molar-refractivity contribution in [2.75, 3.05) is 5.75 Å². The Balaban J connectivity index is 1.82. The fourth-order valence-electron chi connectivity index (χ4n) is 2.25. The van der Waals surface area contributed by atoms with Gasteiger partial charge in [0.1, 0.15) is 6.04 Å². The lowest BCUT2D eigenvalue weighted by molar-refractivity contribution is -0.127. The number of amides is 1. The van der Waals surface area contributed by atoms with E-state index in [0.717, 1.165) is 4.68 Å². The zero-order chi connectivity index (χ0) is 16.4. The largest absolute Gasteiger partial charge is 0.343 e. The van der Waals surface area contributed by atoms with Crippen molar-refractivity contribution < 1.29 is 9.59 Å². The molecular weight excluding hydrogens is 318 g/mol. The quantitative estimate of drug-likeness (QED) is 0.854. The number of nitrogens with zero attached hydrogens (tertiary/aromatic N) is 4. The van der Waals surface area contributed by atoms with Gasteiger partial charge in [-0.25, -0.2) is 9.36 Å². The van der Waals surface area contributed by atoms with Crippen LogP contribution in [0.1, 0.15) is 19.4 Å². The lowest BCUT2D eigenvalue weighted by Gasteiger charge is -2.17. The zero-order valence-electron chi connectivity index (χ0n) is 12.4. The van der Waals surface area contributed by atoms with Gasteiger partial charge in [0.15, 0.2) is 5.82 Å². The van der Waals surface area contributed by atoms with E-state index in [9.17, 15) is 14.4 Å². The molecule has 2 aromatic heterocycles. The first kappa shape index (κ1) is 15.5. The molecule has 2 aromatic rings. The van der Waals surface area contributed by atoms with Crippen LogP contribution in [0.2, 0.25) is 0 Å². The number of thioether (sulfide) groups is 1. The van der Waals surface area contributed by atoms with Crippen LogP contribution in [0.5, 0.6) is 0 Å². The molecule has 0 aromatic carbocycles. The van der Waals surface area contributed by atoms with E-state index in [1.54, 1.807) is 25.4 Å². The minimum absolute atomic E-state index is 0.0452. The molecule has 9 heteroatoms. The summed E-state index contributed by atoms with van der Waals surface area (Å²) in [5.41, 5.74) is -0.393. The van der Waals surface area contributed by atoms with E-state index in [2.05, 4.69) is 15.5 Å². The second kappa shape index (κ2) is 6.37. The van der Waals surface area contributed by atoms with Gasteiger partial charge in [0, 0.05) is 24.2 Å². The summed E-state index contributed by atoms with van der Waals surface area (Å²) in [5, 5.41) is 10.9. The van der Waals surface area contributed by atoms with E-state index < -0.39 is 23.6 Å². The van der Waals surface area contributed by atoms with Gasteiger partial charge in [0.25, 0.3) is 5.56 Å². The fraction of sp³-hybridized carbons (Fsp3) is 0.357. The van der Waals surface area contributed by atoms with Gasteiger partial charge in [-0.05, 0) is 25.5 Å². The van der Waals surface area contributed by atoms with E-state index >= 15 is 0 Å². The summed E-state index contributed by atoms with van der Waals surface area (Å²) in [6.45, 7) is 1.57. The average Bonchev–Trinajstić information content (AvgIpc) is 3.20. The van der Waals surface area contributed by atoms with Crippen molar-refractivity contribution in [2.24, 2.45) is 0 Å². The van der Waals surface area contributed by atoms with Crippen molar-refractivity contribution in [3.05, 3.63) is 40.9 Å². The molecule has 1 saturated heterocycles. The molecule has 1 fully saturated rings. The van der Waals surface area contributed by atoms with Crippen molar-refractivity contribution in [1.29, 1.82) is 0 Å². The standard InChI is InChI=1S/C14H15N5O3S/c1-9(13(21)16-10-5-8-23-14(10)22)19-12(20)4-3-11(17-19)18-7-2-6-15-18/h2-4,6-7,9-10H,5,8H2,1H3,(H,16,21)/t9-,10+/m0/s1. The Bertz CT molecular complexity index is 786. The van der Waals surface area contributed by atoms with Crippen LogP contribution in [0.3, 0.4) is 0 Å². The smallest absolute Gasteiger partial charge is 0.267 e. The predicted octanol–water partition coefficient (Wildman–Crippen LogP) is 0.138. The summed E-state index contributed by atoms with van der Waals surface area (Å²) < 4.78 is 2.59. The van der Waals surface area contributed by atoms with Gasteiger partial charge in [0.2, 0.25) is 11.0 Å². The van der Waals surface area contributed by atoms with E-state index in [1.165, 1.54) is 28.6 Å². The maximum absolute atomic E-state index is 12.3. The Kier molecular flexibility index (Phi) is 4.28. The number of aromatic nitrogens is 4. The van der Waals surface area contributed by atoms with E-state index in [1.807, 2.05) is 0 Å². The molecule has 0 aliphatic carbocycles. The second-order valence-electron chi connectivity index (χ2n) is 5.12. The van der Waals surface area contributed by atoms with Crippen LogP contribution in [0, 0.1) is 0 Å². The Morgan fingerprint density at radius 1 is 1.43 bits per heavy atom. The molecule has 0 saturated carbocycles. The summed E-state index contributed by atoms with van der Waals surface area (Å²) >= 11 is 1.21. The molecule has 0 unspecified atom stereocenters. The van der Waals surface area contributed by atoms with E-state index in [-0.39, 0.29) is 5.12 Å². The summed E-state index contributed by atoms with van der Waals surface area (Å²) in [7, 11) is 0. The third kappa shape index (κ3) is 3.19. The Morgan fingerprint density at radius 2 is 2.26 bits per heavy atom. The number of carbonyl (C=O) groups is 2. The molecule has 3 heterocycles. The molecule has 1 aliphatic rings. The van der Waals surface area contributed by atoms with Crippen LogP contribution in [-0.2, 0) is 9.59 Å². The first-order chi connectivity index (χ1) is 11.1. The molecule has 1 N–H and O–H groups in total. The number of hydrogen-bond donors (Lipinski definition) is 1. The van der Waals surface area contributed by atoms with Crippen molar-refractivity contribution in [3.8, 4) is 5.82 Å². The topological polar surface area (TPSA) is 98.9 Å². The molecule has 2 atom stereocenters. The highest BCUT2D eigenvalue weighted by Crippen LogP contribution is 2.20. The first-order valence-corrected chi connectivity index (χ1v) is 8.12. The van der Waals surface area contributed by atoms with Crippen LogP contribution in [0.25, 0.3) is 5.82 Å². The lowest BCUT2D eigenvalue weighted by Crippen LogP contribution is -2.43. The van der Waals surface area contributed by atoms with Crippen molar-refractivity contribution >= 4 is 22.8 Å². The number of hydrogen-bond acceptors (Lipinski definition) is 6. The third-order valence-electron chi connectivity index (χ3n) is 3.55. The molecule has 1 amide bonds. The molecular formula is C14H15N5O3S. The van der Waals surface area contributed by atoms with Gasteiger partial charge < -0.3 is 5.32 Å². The maximum atomic E-state index is 12.3. The molecule has 23 heavy (non-hydrogen) atoms. The van der Waals surface area contributed by atoms with Gasteiger partial charge >= 0.3 is 0 Å². The highest BCUT2D eigenvalue weighted by atomic mass is 32.2. The number of rotatable bonds is 4. The van der Waals surface area contributed by atoms with Crippen LogP contribution in [0.15, 0.2) is 35.4 Å². The first-order valence-electron chi connectivity index (χ1n) is 7.13. The third-order valence-corrected chi connectivity index (χ3v) is 4.56. The number of nitrogens with one attached hydrogen (secondary N) is 1. The fourth-order valence-corrected chi connectivity index (χ4v) is 3.18. The zero-order valence-corrected chi connectivity index (χ0v) is 13.2. The Morgan fingerprint density at radius 3 is 2.91 bits per heavy atom. The summed E-state index contributed by atoms with van der Waals surface area (Å²) in [6, 6.07) is 3.30. The van der Waals surface area contributed by atoms with Gasteiger partial charge in [0.05, 0.1) is 6.04 Å². The van der Waals surface area contributed by atoms with Crippen LogP contribution in [0.4, 0.5) is 0 Å². The Hall–Kier alpha value is -2.42. The summed E-state index contributed by atoms with van der Waals surface area (Å²) in [4.78, 5) is 35.9. The monoisotopic (exact) mass is 333 g/mol. The number of carbonyl (C=O) groups excluding carboxylic acids is 2. The van der Waals surface area contributed by atoms with Crippen LogP contribution in [-0.4, -0.2) is 42.4 Å². The molecule has 1 aliphatic heterocycles. The predicted molar refractivity (Wildman–Crippen MR) is 84.3 cm³/mol. The molecule has 0 bridgehead atoms. The van der Waals surface area contributed by atoms with Crippen molar-refractivity contribution in [1.82, 2.24) is 24.9 Å². The molecule has 0 spiro atoms. The lowest BCUT2D eigenvalue weighted by atomic mass is 10.2. The normalized spacial score (nSPS) is 18.8. The summed E-state index contributed by atoms with van der Waals surface area (Å²) in [5.74, 6) is 0.727. The van der Waals surface area contributed by atoms with Crippen molar-refractivity contribution in [2.45, 2.75) is 25.4 Å². The van der Waals surface area contributed by atoms with Gasteiger partial charge in [-0.2, -0.15) is 5.10 Å². The highest BCUT2D eigenvalue weighted by molar-refractivity contribution is 8.14. The maximum Gasteiger partial charge on any atom is 0.267 e. The molecule has 0 radical (unpaired) electrons.